The topological polar surface area (TPSA) is 47.0 Å². The third kappa shape index (κ3) is 4.08. The van der Waals surface area contributed by atoms with E-state index in [0.29, 0.717) is 22.9 Å². The van der Waals surface area contributed by atoms with Crippen LogP contribution in [-0.2, 0) is 0 Å². The Morgan fingerprint density at radius 2 is 1.86 bits per heavy atom. The lowest BCUT2D eigenvalue weighted by molar-refractivity contribution is -0.274. The van der Waals surface area contributed by atoms with Crippen LogP contribution in [-0.4, -0.2) is 16.3 Å². The molecule has 0 bridgehead atoms. The fourth-order valence-corrected chi connectivity index (χ4v) is 1.70. The van der Waals surface area contributed by atoms with Gasteiger partial charge in [-0.05, 0) is 24.3 Å². The zero-order valence-electron chi connectivity index (χ0n) is 11.4. The second-order valence-electron chi connectivity index (χ2n) is 4.13. The molecule has 0 aliphatic carbocycles. The van der Waals surface area contributed by atoms with Crippen molar-refractivity contribution in [2.45, 2.75) is 6.36 Å². The molecule has 0 aliphatic rings. The number of ether oxygens (including phenoxy) is 1. The van der Waals surface area contributed by atoms with Gasteiger partial charge in [0.15, 0.2) is 0 Å². The van der Waals surface area contributed by atoms with Gasteiger partial charge in [0.05, 0.1) is 17.6 Å². The first-order chi connectivity index (χ1) is 10.4. The second kappa shape index (κ2) is 6.30. The van der Waals surface area contributed by atoms with E-state index < -0.39 is 6.36 Å². The van der Waals surface area contributed by atoms with Crippen LogP contribution < -0.4 is 10.1 Å². The Morgan fingerprint density at radius 1 is 1.14 bits per heavy atom. The summed E-state index contributed by atoms with van der Waals surface area (Å²) in [5, 5.41) is 2.85. The van der Waals surface area contributed by atoms with Crippen molar-refractivity contribution in [2.24, 2.45) is 0 Å². The molecule has 4 nitrogen and oxygen atoms in total. The van der Waals surface area contributed by atoms with Crippen LogP contribution >= 0.6 is 0 Å². The molecule has 0 saturated heterocycles. The second-order valence-corrected chi connectivity index (χ2v) is 4.13. The van der Waals surface area contributed by atoms with Crippen molar-refractivity contribution in [1.29, 1.82) is 0 Å². The number of halogens is 3. The molecule has 7 heteroatoms. The number of benzene rings is 1. The third-order valence-corrected chi connectivity index (χ3v) is 2.56. The molecule has 0 atom stereocenters. The van der Waals surface area contributed by atoms with E-state index in [1.54, 1.807) is 6.07 Å². The summed E-state index contributed by atoms with van der Waals surface area (Å²) in [6, 6.07) is 5.44. The number of nitrogens with one attached hydrogen (secondary N) is 1. The van der Waals surface area contributed by atoms with Gasteiger partial charge in [0.25, 0.3) is 0 Å². The third-order valence-electron chi connectivity index (χ3n) is 2.56. The fourth-order valence-electron chi connectivity index (χ4n) is 1.70. The van der Waals surface area contributed by atoms with Crippen molar-refractivity contribution in [1.82, 2.24) is 9.97 Å². The zero-order chi connectivity index (χ0) is 16.2. The highest BCUT2D eigenvalue weighted by Gasteiger charge is 2.31. The van der Waals surface area contributed by atoms with Gasteiger partial charge in [-0.25, -0.2) is 4.98 Å². The summed E-state index contributed by atoms with van der Waals surface area (Å²) in [4.78, 5) is 8.36. The summed E-state index contributed by atoms with van der Waals surface area (Å²) >= 11 is 0. The van der Waals surface area contributed by atoms with Crippen LogP contribution in [0.1, 0.15) is 11.4 Å². The Balaban J connectivity index is 2.22. The summed E-state index contributed by atoms with van der Waals surface area (Å²) in [6.45, 7) is 7.22. The highest BCUT2D eigenvalue weighted by atomic mass is 19.4. The van der Waals surface area contributed by atoms with E-state index in [2.05, 4.69) is 33.2 Å². The minimum Gasteiger partial charge on any atom is -0.406 e. The van der Waals surface area contributed by atoms with Crippen LogP contribution in [0.3, 0.4) is 0 Å². The van der Waals surface area contributed by atoms with Gasteiger partial charge >= 0.3 is 6.36 Å². The maximum absolute atomic E-state index is 12.2. The molecule has 0 unspecified atom stereocenters. The van der Waals surface area contributed by atoms with Gasteiger partial charge in [-0.1, -0.05) is 19.2 Å². The number of alkyl halides is 3. The first-order valence-corrected chi connectivity index (χ1v) is 6.16. The largest absolute Gasteiger partial charge is 0.573 e. The smallest absolute Gasteiger partial charge is 0.406 e. The number of anilines is 2. The minimum absolute atomic E-state index is 0.322. The van der Waals surface area contributed by atoms with Crippen molar-refractivity contribution in [3.63, 3.8) is 0 Å². The Morgan fingerprint density at radius 3 is 2.50 bits per heavy atom. The monoisotopic (exact) mass is 307 g/mol. The summed E-state index contributed by atoms with van der Waals surface area (Å²) in [5.41, 5.74) is 1.47. The molecule has 0 fully saturated rings. The van der Waals surface area contributed by atoms with E-state index in [1.807, 2.05) is 0 Å². The van der Waals surface area contributed by atoms with E-state index >= 15 is 0 Å². The Hall–Kier alpha value is -2.83. The van der Waals surface area contributed by atoms with Crippen LogP contribution in [0.5, 0.6) is 5.75 Å². The SMILES string of the molecule is C=Cc1ncc(Nc2cccc(OC(F)(F)F)c2)nc1C=C. The van der Waals surface area contributed by atoms with Gasteiger partial charge in [-0.3, -0.25) is 4.98 Å². The van der Waals surface area contributed by atoms with E-state index in [-0.39, 0.29) is 5.75 Å². The van der Waals surface area contributed by atoms with Crippen molar-refractivity contribution in [3.8, 4) is 5.75 Å². The number of hydrogen-bond acceptors (Lipinski definition) is 4. The quantitative estimate of drug-likeness (QED) is 0.889. The normalized spacial score (nSPS) is 10.9. The van der Waals surface area contributed by atoms with Crippen LogP contribution in [0.2, 0.25) is 0 Å². The molecule has 0 saturated carbocycles. The van der Waals surface area contributed by atoms with Gasteiger partial charge in [0, 0.05) is 11.8 Å². The summed E-state index contributed by atoms with van der Waals surface area (Å²) in [7, 11) is 0. The van der Waals surface area contributed by atoms with E-state index in [4.69, 9.17) is 0 Å². The van der Waals surface area contributed by atoms with E-state index in [9.17, 15) is 13.2 Å². The lowest BCUT2D eigenvalue weighted by Crippen LogP contribution is -2.17. The summed E-state index contributed by atoms with van der Waals surface area (Å²) in [5.74, 6) is 0.0433. The molecule has 1 N–H and O–H groups in total. The average molecular weight is 307 g/mol. The van der Waals surface area contributed by atoms with Crippen LogP contribution in [0, 0.1) is 0 Å². The van der Waals surface area contributed by atoms with E-state index in [0.717, 1.165) is 0 Å². The van der Waals surface area contributed by atoms with E-state index in [1.165, 1.54) is 36.5 Å². The molecule has 0 spiro atoms. The van der Waals surface area contributed by atoms with Crippen LogP contribution in [0.25, 0.3) is 12.2 Å². The lowest BCUT2D eigenvalue weighted by atomic mass is 10.3. The molecule has 0 aliphatic heterocycles. The van der Waals surface area contributed by atoms with Gasteiger partial charge in [0.1, 0.15) is 11.6 Å². The predicted molar refractivity (Wildman–Crippen MR) is 78.6 cm³/mol. The number of hydrogen-bond donors (Lipinski definition) is 1. The van der Waals surface area contributed by atoms with Crippen LogP contribution in [0.15, 0.2) is 43.6 Å². The number of rotatable bonds is 5. The molecule has 2 rings (SSSR count). The molecule has 1 aromatic carbocycles. The highest BCUT2D eigenvalue weighted by molar-refractivity contribution is 5.62. The highest BCUT2D eigenvalue weighted by Crippen LogP contribution is 2.26. The summed E-state index contributed by atoms with van der Waals surface area (Å²) < 4.78 is 40.4. The Labute approximate surface area is 125 Å². The fraction of sp³-hybridized carbons (Fsp3) is 0.0667. The maximum atomic E-state index is 12.2. The number of aromatic nitrogens is 2. The first-order valence-electron chi connectivity index (χ1n) is 6.16. The molecule has 1 aromatic heterocycles. The molecule has 114 valence electrons. The molecule has 1 heterocycles. The van der Waals surface area contributed by atoms with Gasteiger partial charge in [0.2, 0.25) is 0 Å². The van der Waals surface area contributed by atoms with Gasteiger partial charge in [-0.15, -0.1) is 13.2 Å². The Bertz CT molecular complexity index is 699. The molecule has 22 heavy (non-hydrogen) atoms. The maximum Gasteiger partial charge on any atom is 0.573 e. The molecule has 0 amide bonds. The molecular formula is C15H12F3N3O. The minimum atomic E-state index is -4.74. The predicted octanol–water partition coefficient (Wildman–Crippen LogP) is 4.40. The van der Waals surface area contributed by atoms with Gasteiger partial charge < -0.3 is 10.1 Å². The van der Waals surface area contributed by atoms with Crippen molar-refractivity contribution in [2.75, 3.05) is 5.32 Å². The molecule has 2 aromatic rings. The van der Waals surface area contributed by atoms with Gasteiger partial charge in [-0.2, -0.15) is 0 Å². The first kappa shape index (κ1) is 15.6. The Kier molecular flexibility index (Phi) is 4.45. The van der Waals surface area contributed by atoms with Crippen molar-refractivity contribution in [3.05, 3.63) is 55.0 Å². The van der Waals surface area contributed by atoms with Crippen molar-refractivity contribution < 1.29 is 17.9 Å². The van der Waals surface area contributed by atoms with Crippen LogP contribution in [0.4, 0.5) is 24.7 Å². The molecular weight excluding hydrogens is 295 g/mol. The average Bonchev–Trinajstić information content (AvgIpc) is 2.45. The number of nitrogens with zero attached hydrogens (tertiary/aromatic N) is 2. The lowest BCUT2D eigenvalue weighted by Gasteiger charge is -2.11. The van der Waals surface area contributed by atoms with Crippen molar-refractivity contribution >= 4 is 23.7 Å². The summed E-state index contributed by atoms with van der Waals surface area (Å²) in [6.07, 6.45) is -0.245. The zero-order valence-corrected chi connectivity index (χ0v) is 11.4. The molecule has 0 radical (unpaired) electrons. The standard InChI is InChI=1S/C15H12F3N3O/c1-3-12-13(4-2)21-14(9-19-12)20-10-6-5-7-11(8-10)22-15(16,17)18/h3-9H,1-2H2,(H,20,21).